The van der Waals surface area contributed by atoms with Gasteiger partial charge in [0.25, 0.3) is 0 Å². The molecule has 4 nitrogen and oxygen atoms in total. The summed E-state index contributed by atoms with van der Waals surface area (Å²) in [6, 6.07) is 7.76. The summed E-state index contributed by atoms with van der Waals surface area (Å²) in [5.41, 5.74) is 1.38. The number of halogens is 1. The summed E-state index contributed by atoms with van der Waals surface area (Å²) in [5, 5.41) is 4.78. The Morgan fingerprint density at radius 2 is 1.89 bits per heavy atom. The van der Waals surface area contributed by atoms with E-state index in [9.17, 15) is 9.18 Å². The fourth-order valence-electron chi connectivity index (χ4n) is 1.74. The van der Waals surface area contributed by atoms with Crippen molar-refractivity contribution in [3.63, 3.8) is 0 Å². The van der Waals surface area contributed by atoms with E-state index in [1.165, 1.54) is 18.3 Å². The molecule has 0 saturated heterocycles. The lowest BCUT2D eigenvalue weighted by Gasteiger charge is -1.95. The van der Waals surface area contributed by atoms with Crippen molar-refractivity contribution in [2.24, 2.45) is 0 Å². The van der Waals surface area contributed by atoms with Crippen LogP contribution in [0.25, 0.3) is 15.5 Å². The Morgan fingerprint density at radius 3 is 2.58 bits per heavy atom. The molecule has 0 aliphatic carbocycles. The molecule has 1 aromatic carbocycles. The molecule has 0 amide bonds. The molecule has 3 rings (SSSR count). The molecule has 0 unspecified atom stereocenters. The van der Waals surface area contributed by atoms with Gasteiger partial charge in [-0.1, -0.05) is 41.2 Å². The van der Waals surface area contributed by atoms with E-state index in [1.54, 1.807) is 0 Å². The number of nitrogens with zero attached hydrogens (tertiary/aromatic N) is 3. The van der Waals surface area contributed by atoms with E-state index in [-0.39, 0.29) is 5.69 Å². The standard InChI is InChI=1S/C13H10FN3OS/c1-7-3-5-9(6-4-7)11-16-17-12(18)10(14)8(2)15-13(17)19-11/h3-6H,1-2H3. The van der Waals surface area contributed by atoms with E-state index in [1.807, 2.05) is 31.2 Å². The van der Waals surface area contributed by atoms with Gasteiger partial charge in [0.05, 0.1) is 5.69 Å². The number of fused-ring (bicyclic) bond motifs is 1. The van der Waals surface area contributed by atoms with E-state index in [2.05, 4.69) is 10.1 Å². The Kier molecular flexibility index (Phi) is 2.67. The maximum atomic E-state index is 13.5. The minimum Gasteiger partial charge on any atom is -0.264 e. The van der Waals surface area contributed by atoms with Gasteiger partial charge in [0.2, 0.25) is 10.8 Å². The van der Waals surface area contributed by atoms with Gasteiger partial charge in [-0.05, 0) is 13.8 Å². The number of hydrogen-bond acceptors (Lipinski definition) is 4. The Balaban J connectivity index is 2.25. The summed E-state index contributed by atoms with van der Waals surface area (Å²) in [7, 11) is 0. The Hall–Kier alpha value is -2.08. The minimum atomic E-state index is -0.849. The molecule has 3 aromatic rings. The molecule has 0 N–H and O–H groups in total. The average molecular weight is 275 g/mol. The highest BCUT2D eigenvalue weighted by atomic mass is 32.1. The van der Waals surface area contributed by atoms with Gasteiger partial charge >= 0.3 is 5.56 Å². The number of benzene rings is 1. The van der Waals surface area contributed by atoms with Gasteiger partial charge < -0.3 is 0 Å². The van der Waals surface area contributed by atoms with Gasteiger partial charge in [-0.3, -0.25) is 4.79 Å². The Bertz CT molecular complexity index is 820. The van der Waals surface area contributed by atoms with E-state index in [0.717, 1.165) is 15.6 Å². The molecule has 0 aliphatic rings. The van der Waals surface area contributed by atoms with Crippen LogP contribution in [0.4, 0.5) is 4.39 Å². The van der Waals surface area contributed by atoms with Crippen molar-refractivity contribution in [2.75, 3.05) is 0 Å². The summed E-state index contributed by atoms with van der Waals surface area (Å²) in [5.74, 6) is -0.849. The molecule has 0 atom stereocenters. The van der Waals surface area contributed by atoms with Crippen LogP contribution >= 0.6 is 11.3 Å². The van der Waals surface area contributed by atoms with Crippen LogP contribution in [0, 0.1) is 19.7 Å². The highest BCUT2D eigenvalue weighted by Crippen LogP contribution is 2.24. The molecule has 0 bridgehead atoms. The number of aromatic nitrogens is 3. The zero-order chi connectivity index (χ0) is 13.6. The van der Waals surface area contributed by atoms with Crippen molar-refractivity contribution in [2.45, 2.75) is 13.8 Å². The SMILES string of the molecule is Cc1ccc(-c2nn3c(=O)c(F)c(C)nc3s2)cc1. The van der Waals surface area contributed by atoms with E-state index in [0.29, 0.717) is 9.97 Å². The first-order valence-corrected chi connectivity index (χ1v) is 6.51. The smallest absolute Gasteiger partial charge is 0.264 e. The first-order chi connectivity index (χ1) is 9.06. The third-order valence-corrected chi connectivity index (χ3v) is 3.78. The third-order valence-electron chi connectivity index (χ3n) is 2.82. The topological polar surface area (TPSA) is 47.3 Å². The van der Waals surface area contributed by atoms with Crippen LogP contribution in [0.5, 0.6) is 0 Å². The molecule has 6 heteroatoms. The molecule has 0 radical (unpaired) electrons. The van der Waals surface area contributed by atoms with Crippen LogP contribution < -0.4 is 5.56 Å². The van der Waals surface area contributed by atoms with E-state index < -0.39 is 11.4 Å². The van der Waals surface area contributed by atoms with Crippen LogP contribution in [-0.2, 0) is 0 Å². The van der Waals surface area contributed by atoms with Gasteiger partial charge in [-0.15, -0.1) is 0 Å². The minimum absolute atomic E-state index is 0.101. The lowest BCUT2D eigenvalue weighted by molar-refractivity contribution is 0.580. The predicted molar refractivity (Wildman–Crippen MR) is 72.0 cm³/mol. The van der Waals surface area contributed by atoms with Crippen molar-refractivity contribution >= 4 is 16.3 Å². The fraction of sp³-hybridized carbons (Fsp3) is 0.154. The molecule has 0 fully saturated rings. The third kappa shape index (κ3) is 1.94. The van der Waals surface area contributed by atoms with Gasteiger partial charge in [0.1, 0.15) is 5.01 Å². The highest BCUT2D eigenvalue weighted by molar-refractivity contribution is 7.19. The molecule has 2 heterocycles. The summed E-state index contributed by atoms with van der Waals surface area (Å²) in [6.07, 6.45) is 0. The molecule has 2 aromatic heterocycles. The van der Waals surface area contributed by atoms with Crippen molar-refractivity contribution in [1.29, 1.82) is 0 Å². The molecular formula is C13H10FN3OS. The predicted octanol–water partition coefficient (Wildman–Crippen LogP) is 2.57. The normalized spacial score (nSPS) is 11.1. The van der Waals surface area contributed by atoms with Crippen molar-refractivity contribution < 1.29 is 4.39 Å². The van der Waals surface area contributed by atoms with Gasteiger partial charge in [0, 0.05) is 5.56 Å². The Morgan fingerprint density at radius 1 is 1.21 bits per heavy atom. The van der Waals surface area contributed by atoms with Gasteiger partial charge in [-0.2, -0.15) is 14.0 Å². The molecule has 0 aliphatic heterocycles. The fourth-order valence-corrected chi connectivity index (χ4v) is 2.68. The van der Waals surface area contributed by atoms with E-state index in [4.69, 9.17) is 0 Å². The van der Waals surface area contributed by atoms with Crippen LogP contribution in [0.3, 0.4) is 0 Å². The second-order valence-corrected chi connectivity index (χ2v) is 5.24. The maximum Gasteiger partial charge on any atom is 0.311 e. The zero-order valence-corrected chi connectivity index (χ0v) is 11.2. The molecular weight excluding hydrogens is 265 g/mol. The van der Waals surface area contributed by atoms with Crippen LogP contribution in [0.1, 0.15) is 11.3 Å². The van der Waals surface area contributed by atoms with Crippen molar-refractivity contribution in [3.8, 4) is 10.6 Å². The molecule has 96 valence electrons. The highest BCUT2D eigenvalue weighted by Gasteiger charge is 2.14. The molecule has 0 saturated carbocycles. The first-order valence-electron chi connectivity index (χ1n) is 5.69. The number of hydrogen-bond donors (Lipinski definition) is 0. The van der Waals surface area contributed by atoms with Crippen LogP contribution in [0.15, 0.2) is 29.1 Å². The largest absolute Gasteiger partial charge is 0.311 e. The second kappa shape index (κ2) is 4.24. The molecule has 0 spiro atoms. The van der Waals surface area contributed by atoms with E-state index >= 15 is 0 Å². The number of rotatable bonds is 1. The molecule has 19 heavy (non-hydrogen) atoms. The summed E-state index contributed by atoms with van der Waals surface area (Å²) in [6.45, 7) is 3.47. The van der Waals surface area contributed by atoms with Crippen molar-refractivity contribution in [1.82, 2.24) is 14.6 Å². The first kappa shape index (κ1) is 12.0. The quantitative estimate of drug-likeness (QED) is 0.685. The second-order valence-electron chi connectivity index (χ2n) is 4.28. The van der Waals surface area contributed by atoms with Crippen LogP contribution in [0.2, 0.25) is 0 Å². The van der Waals surface area contributed by atoms with Crippen LogP contribution in [-0.4, -0.2) is 14.6 Å². The summed E-state index contributed by atoms with van der Waals surface area (Å²) >= 11 is 1.27. The van der Waals surface area contributed by atoms with Crippen molar-refractivity contribution in [3.05, 3.63) is 51.7 Å². The lowest BCUT2D eigenvalue weighted by atomic mass is 10.2. The van der Waals surface area contributed by atoms with Gasteiger partial charge in [0.15, 0.2) is 0 Å². The monoisotopic (exact) mass is 275 g/mol. The maximum absolute atomic E-state index is 13.5. The van der Waals surface area contributed by atoms with Gasteiger partial charge in [-0.25, -0.2) is 4.98 Å². The number of aryl methyl sites for hydroxylation is 2. The lowest BCUT2D eigenvalue weighted by Crippen LogP contribution is -2.20. The average Bonchev–Trinajstić information content (AvgIpc) is 2.81. The summed E-state index contributed by atoms with van der Waals surface area (Å²) in [4.78, 5) is 16.2. The zero-order valence-electron chi connectivity index (χ0n) is 10.3. The summed E-state index contributed by atoms with van der Waals surface area (Å²) < 4.78 is 14.5. The Labute approximate surface area is 112 Å².